The van der Waals surface area contributed by atoms with Crippen molar-refractivity contribution in [1.82, 2.24) is 9.97 Å². The van der Waals surface area contributed by atoms with Gasteiger partial charge in [-0.3, -0.25) is 9.78 Å². The molecule has 0 bridgehead atoms. The van der Waals surface area contributed by atoms with Crippen molar-refractivity contribution < 1.29 is 13.9 Å². The summed E-state index contributed by atoms with van der Waals surface area (Å²) in [7, 11) is 0. The van der Waals surface area contributed by atoms with E-state index < -0.39 is 0 Å². The highest BCUT2D eigenvalue weighted by Crippen LogP contribution is 2.20. The highest BCUT2D eigenvalue weighted by atomic mass is 79.9. The fourth-order valence-electron chi connectivity index (χ4n) is 1.82. The molecular weight excluding hydrogens is 374 g/mol. The number of rotatable bonds is 5. The lowest BCUT2D eigenvalue weighted by Gasteiger charge is -2.05. The molecule has 1 amide bonds. The van der Waals surface area contributed by atoms with Gasteiger partial charge in [0.05, 0.1) is 6.20 Å². The number of furan rings is 1. The number of ether oxygens (including phenoxy) is 1. The molecule has 0 fully saturated rings. The van der Waals surface area contributed by atoms with Crippen molar-refractivity contribution in [2.45, 2.75) is 0 Å². The fraction of sp³-hybridized carbons (Fsp3) is 0. The van der Waals surface area contributed by atoms with Crippen LogP contribution >= 0.6 is 15.9 Å². The van der Waals surface area contributed by atoms with Crippen LogP contribution in [0.25, 0.3) is 6.08 Å². The first kappa shape index (κ1) is 15.9. The van der Waals surface area contributed by atoms with Gasteiger partial charge in [-0.25, -0.2) is 4.98 Å². The number of amides is 1. The fourth-order valence-corrected chi connectivity index (χ4v) is 2.14. The number of anilines is 1. The molecule has 0 saturated heterocycles. The number of hydrogen-bond donors (Lipinski definition) is 1. The minimum absolute atomic E-state index is 0.259. The van der Waals surface area contributed by atoms with Gasteiger partial charge >= 0.3 is 0 Å². The molecule has 0 aliphatic rings. The number of hydrogen-bond acceptors (Lipinski definition) is 5. The normalized spacial score (nSPS) is 10.7. The second kappa shape index (κ2) is 7.56. The van der Waals surface area contributed by atoms with E-state index in [2.05, 4.69) is 31.2 Å². The van der Waals surface area contributed by atoms with E-state index in [0.29, 0.717) is 27.7 Å². The third-order valence-electron chi connectivity index (χ3n) is 2.88. The molecule has 2 heterocycles. The van der Waals surface area contributed by atoms with E-state index in [1.165, 1.54) is 12.3 Å². The molecule has 1 N–H and O–H groups in total. The average molecular weight is 386 g/mol. The molecular formula is C17H12BrN3O3. The van der Waals surface area contributed by atoms with Crippen LogP contribution < -0.4 is 10.1 Å². The van der Waals surface area contributed by atoms with Crippen molar-refractivity contribution in [3.05, 3.63) is 71.5 Å². The van der Waals surface area contributed by atoms with Crippen LogP contribution in [0.2, 0.25) is 0 Å². The minimum atomic E-state index is -0.259. The molecule has 0 radical (unpaired) electrons. The molecule has 0 aliphatic heterocycles. The first-order valence-electron chi connectivity index (χ1n) is 6.97. The Kier molecular flexibility index (Phi) is 5.02. The lowest BCUT2D eigenvalue weighted by Crippen LogP contribution is -2.07. The van der Waals surface area contributed by atoms with Crippen molar-refractivity contribution in [1.29, 1.82) is 0 Å². The Hall–Kier alpha value is -2.93. The van der Waals surface area contributed by atoms with Gasteiger partial charge in [0.1, 0.15) is 11.5 Å². The lowest BCUT2D eigenvalue weighted by molar-refractivity contribution is -0.111. The number of halogens is 1. The zero-order valence-corrected chi connectivity index (χ0v) is 13.9. The summed E-state index contributed by atoms with van der Waals surface area (Å²) >= 11 is 3.20. The van der Waals surface area contributed by atoms with E-state index in [1.54, 1.807) is 54.9 Å². The Morgan fingerprint density at radius 1 is 1.17 bits per heavy atom. The SMILES string of the molecule is O=C(C=Cc1ccc(Br)o1)Nc1ccc(Oc2cnccn2)cc1. The van der Waals surface area contributed by atoms with Crippen molar-refractivity contribution >= 4 is 33.6 Å². The summed E-state index contributed by atoms with van der Waals surface area (Å²) in [6.07, 6.45) is 7.63. The van der Waals surface area contributed by atoms with Gasteiger partial charge in [-0.1, -0.05) is 0 Å². The van der Waals surface area contributed by atoms with Crippen LogP contribution in [0.5, 0.6) is 11.6 Å². The molecule has 0 saturated carbocycles. The van der Waals surface area contributed by atoms with Gasteiger partial charge in [-0.15, -0.1) is 0 Å². The van der Waals surface area contributed by atoms with Crippen molar-refractivity contribution in [2.24, 2.45) is 0 Å². The van der Waals surface area contributed by atoms with Gasteiger partial charge in [0.2, 0.25) is 11.8 Å². The third-order valence-corrected chi connectivity index (χ3v) is 3.30. The van der Waals surface area contributed by atoms with E-state index in [1.807, 2.05) is 0 Å². The summed E-state index contributed by atoms with van der Waals surface area (Å²) in [6.45, 7) is 0. The van der Waals surface area contributed by atoms with E-state index in [9.17, 15) is 4.79 Å². The summed E-state index contributed by atoms with van der Waals surface area (Å²) in [5.74, 6) is 1.33. The van der Waals surface area contributed by atoms with Crippen LogP contribution in [0, 0.1) is 0 Å². The van der Waals surface area contributed by atoms with Crippen molar-refractivity contribution in [3.8, 4) is 11.6 Å². The molecule has 0 aliphatic carbocycles. The quantitative estimate of drug-likeness (QED) is 0.663. The van der Waals surface area contributed by atoms with Crippen molar-refractivity contribution in [2.75, 3.05) is 5.32 Å². The second-order valence-electron chi connectivity index (χ2n) is 4.63. The minimum Gasteiger partial charge on any atom is -0.450 e. The van der Waals surface area contributed by atoms with Crippen molar-refractivity contribution in [3.63, 3.8) is 0 Å². The topological polar surface area (TPSA) is 77.2 Å². The molecule has 7 heteroatoms. The Balaban J connectivity index is 1.57. The predicted molar refractivity (Wildman–Crippen MR) is 92.6 cm³/mol. The number of benzene rings is 1. The molecule has 0 atom stereocenters. The maximum absolute atomic E-state index is 11.9. The Morgan fingerprint density at radius 2 is 2.00 bits per heavy atom. The Bertz CT molecular complexity index is 845. The van der Waals surface area contributed by atoms with E-state index in [0.717, 1.165) is 0 Å². The highest BCUT2D eigenvalue weighted by molar-refractivity contribution is 9.10. The largest absolute Gasteiger partial charge is 0.450 e. The predicted octanol–water partition coefficient (Wildman–Crippen LogP) is 4.28. The van der Waals surface area contributed by atoms with E-state index in [-0.39, 0.29) is 5.91 Å². The summed E-state index contributed by atoms with van der Waals surface area (Å²) in [5.41, 5.74) is 0.650. The summed E-state index contributed by atoms with van der Waals surface area (Å²) in [5, 5.41) is 2.75. The zero-order chi connectivity index (χ0) is 16.8. The first-order valence-corrected chi connectivity index (χ1v) is 7.77. The second-order valence-corrected chi connectivity index (χ2v) is 5.42. The maximum atomic E-state index is 11.9. The van der Waals surface area contributed by atoms with Gasteiger partial charge in [-0.05, 0) is 58.4 Å². The van der Waals surface area contributed by atoms with Gasteiger partial charge < -0.3 is 14.5 Å². The number of carbonyl (C=O) groups excluding carboxylic acids is 1. The molecule has 2 aromatic heterocycles. The summed E-state index contributed by atoms with van der Waals surface area (Å²) < 4.78 is 11.4. The Labute approximate surface area is 146 Å². The standard InChI is InChI=1S/C17H12BrN3O3/c18-15-7-5-13(23-15)6-8-16(22)21-12-1-3-14(4-2-12)24-17-11-19-9-10-20-17/h1-11H,(H,21,22). The lowest BCUT2D eigenvalue weighted by atomic mass is 10.3. The number of nitrogens with zero attached hydrogens (tertiary/aromatic N) is 2. The van der Waals surface area contributed by atoms with Gasteiger partial charge in [0.15, 0.2) is 4.67 Å². The Morgan fingerprint density at radius 3 is 2.67 bits per heavy atom. The third kappa shape index (κ3) is 4.53. The van der Waals surface area contributed by atoms with Gasteiger partial charge in [-0.2, -0.15) is 0 Å². The van der Waals surface area contributed by atoms with Crippen LogP contribution in [0.3, 0.4) is 0 Å². The van der Waals surface area contributed by atoms with Crippen LogP contribution in [-0.4, -0.2) is 15.9 Å². The average Bonchev–Trinajstić information content (AvgIpc) is 3.01. The molecule has 24 heavy (non-hydrogen) atoms. The molecule has 6 nitrogen and oxygen atoms in total. The number of aromatic nitrogens is 2. The van der Waals surface area contributed by atoms with E-state index in [4.69, 9.17) is 9.15 Å². The maximum Gasteiger partial charge on any atom is 0.248 e. The molecule has 120 valence electrons. The van der Waals surface area contributed by atoms with E-state index >= 15 is 0 Å². The van der Waals surface area contributed by atoms with Crippen LogP contribution in [0.4, 0.5) is 5.69 Å². The van der Waals surface area contributed by atoms with Gasteiger partial charge in [0.25, 0.3) is 0 Å². The first-order chi connectivity index (χ1) is 11.7. The summed E-state index contributed by atoms with van der Waals surface area (Å²) in [6, 6.07) is 10.5. The van der Waals surface area contributed by atoms with Gasteiger partial charge in [0, 0.05) is 24.2 Å². The molecule has 1 aromatic carbocycles. The van der Waals surface area contributed by atoms with Crippen LogP contribution in [0.1, 0.15) is 5.76 Å². The molecule has 0 unspecified atom stereocenters. The number of carbonyl (C=O) groups is 1. The molecule has 0 spiro atoms. The van der Waals surface area contributed by atoms with Crippen LogP contribution in [0.15, 0.2) is 70.2 Å². The smallest absolute Gasteiger partial charge is 0.248 e. The van der Waals surface area contributed by atoms with Crippen LogP contribution in [-0.2, 0) is 4.79 Å². The zero-order valence-electron chi connectivity index (χ0n) is 12.3. The summed E-state index contributed by atoms with van der Waals surface area (Å²) in [4.78, 5) is 19.8. The monoisotopic (exact) mass is 385 g/mol. The molecule has 3 rings (SSSR count). The highest BCUT2D eigenvalue weighted by Gasteiger charge is 2.02. The number of nitrogens with one attached hydrogen (secondary N) is 1. The molecule has 3 aromatic rings.